The van der Waals surface area contributed by atoms with Crippen molar-refractivity contribution in [1.29, 1.82) is 0 Å². The quantitative estimate of drug-likeness (QED) is 0.604. The molecule has 0 spiro atoms. The Morgan fingerprint density at radius 2 is 2.36 bits per heavy atom. The summed E-state index contributed by atoms with van der Waals surface area (Å²) in [5, 5.41) is 12.9. The molecule has 3 N–H and O–H groups in total. The van der Waals surface area contributed by atoms with Crippen molar-refractivity contribution >= 4 is 0 Å². The average molecular weight is 197 g/mol. The Morgan fingerprint density at radius 1 is 1.57 bits per heavy atom. The van der Waals surface area contributed by atoms with Gasteiger partial charge in [-0.2, -0.15) is 0 Å². The number of hydrogen-bond acceptors (Lipinski definition) is 4. The van der Waals surface area contributed by atoms with Crippen LogP contribution in [-0.4, -0.2) is 34.3 Å². The van der Waals surface area contributed by atoms with Crippen LogP contribution in [0.2, 0.25) is 0 Å². The van der Waals surface area contributed by atoms with Gasteiger partial charge in [-0.25, -0.2) is 4.98 Å². The average Bonchev–Trinajstić information content (AvgIpc) is 2.72. The maximum atomic E-state index is 9.74. The van der Waals surface area contributed by atoms with Crippen LogP contribution in [-0.2, 0) is 4.74 Å². The number of nitrogens with one attached hydrogen (secondary N) is 2. The Labute approximate surface area is 82.5 Å². The van der Waals surface area contributed by atoms with E-state index in [0.717, 1.165) is 26.1 Å². The van der Waals surface area contributed by atoms with Gasteiger partial charge in [0, 0.05) is 19.3 Å². The predicted octanol–water partition coefficient (Wildman–Crippen LogP) is 0.169. The number of ether oxygens (including phenoxy) is 1. The first-order chi connectivity index (χ1) is 6.86. The van der Waals surface area contributed by atoms with Crippen LogP contribution < -0.4 is 5.32 Å². The first-order valence-corrected chi connectivity index (χ1v) is 4.86. The van der Waals surface area contributed by atoms with Gasteiger partial charge in [0.2, 0.25) is 0 Å². The molecule has 0 aromatic carbocycles. The topological polar surface area (TPSA) is 70.2 Å². The molecule has 1 saturated heterocycles. The zero-order chi connectivity index (χ0) is 9.80. The van der Waals surface area contributed by atoms with Crippen LogP contribution >= 0.6 is 0 Å². The van der Waals surface area contributed by atoms with Crippen molar-refractivity contribution in [3.8, 4) is 0 Å². The molecule has 0 radical (unpaired) electrons. The van der Waals surface area contributed by atoms with Crippen molar-refractivity contribution in [3.63, 3.8) is 0 Å². The lowest BCUT2D eigenvalue weighted by atomic mass is 10.1. The van der Waals surface area contributed by atoms with Crippen LogP contribution in [0, 0.1) is 0 Å². The molecule has 14 heavy (non-hydrogen) atoms. The molecule has 1 unspecified atom stereocenters. The second-order valence-electron chi connectivity index (χ2n) is 3.46. The molecular formula is C9H15N3O2. The molecule has 1 aliphatic rings. The molecule has 2 rings (SSSR count). The second kappa shape index (κ2) is 4.54. The molecule has 0 aliphatic carbocycles. The highest BCUT2D eigenvalue weighted by molar-refractivity contribution is 4.98. The lowest BCUT2D eigenvalue weighted by Gasteiger charge is -2.25. The van der Waals surface area contributed by atoms with Gasteiger partial charge in [-0.1, -0.05) is 0 Å². The predicted molar refractivity (Wildman–Crippen MR) is 50.5 cm³/mol. The standard InChI is InChI=1S/C9H15N3O2/c13-9(8-5-10-6-11-8)12-7-1-3-14-4-2-7/h5-7,9,12-13H,1-4H2,(H,10,11). The van der Waals surface area contributed by atoms with Gasteiger partial charge in [-0.3, -0.25) is 5.32 Å². The summed E-state index contributed by atoms with van der Waals surface area (Å²) in [6.45, 7) is 1.54. The maximum Gasteiger partial charge on any atom is 0.147 e. The lowest BCUT2D eigenvalue weighted by molar-refractivity contribution is 0.0480. The van der Waals surface area contributed by atoms with E-state index >= 15 is 0 Å². The fraction of sp³-hybridized carbons (Fsp3) is 0.667. The van der Waals surface area contributed by atoms with Gasteiger partial charge >= 0.3 is 0 Å². The minimum atomic E-state index is -0.652. The third-order valence-electron chi connectivity index (χ3n) is 2.43. The molecule has 1 aromatic rings. The SMILES string of the molecule is OC(NC1CCOCC1)c1cnc[nH]1. The summed E-state index contributed by atoms with van der Waals surface area (Å²) in [6, 6.07) is 0.335. The van der Waals surface area contributed by atoms with Gasteiger partial charge in [-0.05, 0) is 12.8 Å². The molecule has 78 valence electrons. The third kappa shape index (κ3) is 2.31. The highest BCUT2D eigenvalue weighted by Gasteiger charge is 2.17. The summed E-state index contributed by atoms with van der Waals surface area (Å²) in [7, 11) is 0. The van der Waals surface area contributed by atoms with E-state index in [-0.39, 0.29) is 0 Å². The second-order valence-corrected chi connectivity index (χ2v) is 3.46. The van der Waals surface area contributed by atoms with Crippen LogP contribution in [0.25, 0.3) is 0 Å². The zero-order valence-electron chi connectivity index (χ0n) is 7.94. The maximum absolute atomic E-state index is 9.74. The first-order valence-electron chi connectivity index (χ1n) is 4.86. The highest BCUT2D eigenvalue weighted by Crippen LogP contribution is 2.12. The van der Waals surface area contributed by atoms with Gasteiger partial charge < -0.3 is 14.8 Å². The number of hydrogen-bond donors (Lipinski definition) is 3. The van der Waals surface area contributed by atoms with E-state index in [9.17, 15) is 5.11 Å². The number of aromatic nitrogens is 2. The van der Waals surface area contributed by atoms with Gasteiger partial charge in [0.1, 0.15) is 6.23 Å². The highest BCUT2D eigenvalue weighted by atomic mass is 16.5. The number of imidazole rings is 1. The third-order valence-corrected chi connectivity index (χ3v) is 2.43. The fourth-order valence-corrected chi connectivity index (χ4v) is 1.59. The molecule has 0 saturated carbocycles. The monoisotopic (exact) mass is 197 g/mol. The Hall–Kier alpha value is -0.910. The number of aliphatic hydroxyl groups is 1. The number of nitrogens with zero attached hydrogens (tertiary/aromatic N) is 1. The molecule has 1 atom stereocenters. The fourth-order valence-electron chi connectivity index (χ4n) is 1.59. The largest absolute Gasteiger partial charge is 0.381 e. The molecule has 0 bridgehead atoms. The molecule has 5 nitrogen and oxygen atoms in total. The smallest absolute Gasteiger partial charge is 0.147 e. The Kier molecular flexibility index (Phi) is 3.13. The Morgan fingerprint density at radius 3 is 3.00 bits per heavy atom. The minimum Gasteiger partial charge on any atom is -0.381 e. The van der Waals surface area contributed by atoms with Crippen molar-refractivity contribution in [2.45, 2.75) is 25.1 Å². The van der Waals surface area contributed by atoms with Crippen LogP contribution in [0.1, 0.15) is 24.8 Å². The van der Waals surface area contributed by atoms with Gasteiger partial charge in [0.05, 0.1) is 18.2 Å². The van der Waals surface area contributed by atoms with Crippen LogP contribution in [0.5, 0.6) is 0 Å². The number of aliphatic hydroxyl groups excluding tert-OH is 1. The summed E-state index contributed by atoms with van der Waals surface area (Å²) in [6.07, 6.45) is 4.43. The Balaban J connectivity index is 1.84. The van der Waals surface area contributed by atoms with Gasteiger partial charge in [0.15, 0.2) is 0 Å². The van der Waals surface area contributed by atoms with E-state index in [4.69, 9.17) is 4.74 Å². The summed E-state index contributed by atoms with van der Waals surface area (Å²) in [5.41, 5.74) is 0.705. The van der Waals surface area contributed by atoms with Crippen LogP contribution in [0.15, 0.2) is 12.5 Å². The molecule has 2 heterocycles. The van der Waals surface area contributed by atoms with Crippen molar-refractivity contribution < 1.29 is 9.84 Å². The van der Waals surface area contributed by atoms with E-state index in [0.29, 0.717) is 11.7 Å². The first kappa shape index (κ1) is 9.64. The normalized spacial score (nSPS) is 20.9. The van der Waals surface area contributed by atoms with Crippen molar-refractivity contribution in [2.24, 2.45) is 0 Å². The number of aromatic amines is 1. The van der Waals surface area contributed by atoms with Crippen molar-refractivity contribution in [1.82, 2.24) is 15.3 Å². The lowest BCUT2D eigenvalue weighted by Crippen LogP contribution is -2.37. The van der Waals surface area contributed by atoms with E-state index in [1.54, 1.807) is 12.5 Å². The summed E-state index contributed by atoms with van der Waals surface area (Å²) in [4.78, 5) is 6.73. The van der Waals surface area contributed by atoms with Crippen molar-refractivity contribution in [2.75, 3.05) is 13.2 Å². The minimum absolute atomic E-state index is 0.335. The van der Waals surface area contributed by atoms with E-state index in [1.807, 2.05) is 0 Å². The molecule has 1 aliphatic heterocycles. The number of H-pyrrole nitrogens is 1. The summed E-state index contributed by atoms with van der Waals surface area (Å²) >= 11 is 0. The molecule has 0 amide bonds. The summed E-state index contributed by atoms with van der Waals surface area (Å²) < 4.78 is 5.23. The summed E-state index contributed by atoms with van der Waals surface area (Å²) in [5.74, 6) is 0. The molecule has 1 aromatic heterocycles. The Bertz CT molecular complexity index is 257. The zero-order valence-corrected chi connectivity index (χ0v) is 7.94. The van der Waals surface area contributed by atoms with Crippen LogP contribution in [0.3, 0.4) is 0 Å². The van der Waals surface area contributed by atoms with Crippen LogP contribution in [0.4, 0.5) is 0 Å². The molecule has 1 fully saturated rings. The van der Waals surface area contributed by atoms with Gasteiger partial charge in [-0.15, -0.1) is 0 Å². The van der Waals surface area contributed by atoms with E-state index < -0.39 is 6.23 Å². The van der Waals surface area contributed by atoms with Crippen molar-refractivity contribution in [3.05, 3.63) is 18.2 Å². The van der Waals surface area contributed by atoms with Gasteiger partial charge in [0.25, 0.3) is 0 Å². The van der Waals surface area contributed by atoms with E-state index in [2.05, 4.69) is 15.3 Å². The number of rotatable bonds is 3. The molecular weight excluding hydrogens is 182 g/mol. The molecule has 5 heteroatoms. The van der Waals surface area contributed by atoms with E-state index in [1.165, 1.54) is 0 Å².